The van der Waals surface area contributed by atoms with Gasteiger partial charge in [-0.1, -0.05) is 166 Å². The number of allylic oxidation sites excluding steroid dienone is 2. The number of rotatable bonds is 7. The zero-order valence-electron chi connectivity index (χ0n) is 29.0. The maximum atomic E-state index is 8.84. The topological polar surface area (TPSA) is 66.6 Å². The standard InChI is InChI=1S/C48H32IN5/c50-30-39-42(51-35-19-8-3-9-20-35)29-49-47-45(39)38-27-26-33-25-24-31-14-10-11-21-36(31)44(33)46(38)54(47)43-23-13-12-22-37(43)41-28-40(32-15-4-1-5-16-32)52-48(53-41)34-17-6-2-7-18-34/h1-30,50-51H. The second-order valence-corrected chi connectivity index (χ2v) is 15.5. The molecule has 54 heavy (non-hydrogen) atoms. The van der Waals surface area contributed by atoms with Crippen LogP contribution in [0.3, 0.4) is 0 Å². The number of nitrogens with zero attached hydrogens (tertiary/aromatic N) is 3. The van der Waals surface area contributed by atoms with Gasteiger partial charge in [-0.3, -0.25) is 0 Å². The van der Waals surface area contributed by atoms with Gasteiger partial charge in [0.25, 0.3) is 0 Å². The Morgan fingerprint density at radius 1 is 0.593 bits per heavy atom. The van der Waals surface area contributed by atoms with Gasteiger partial charge in [0.1, 0.15) is 0 Å². The average molecular weight is 806 g/mol. The molecule has 256 valence electrons. The molecular weight excluding hydrogens is 773 g/mol. The molecule has 0 fully saturated rings. The maximum Gasteiger partial charge on any atom is 0.160 e. The second kappa shape index (κ2) is 13.5. The van der Waals surface area contributed by atoms with E-state index in [0.29, 0.717) is 5.82 Å². The number of hydrogen-bond donors (Lipinski definition) is 2. The molecule has 0 saturated carbocycles. The fraction of sp³-hybridized carbons (Fsp3) is 0. The largest absolute Gasteiger partial charge is 0.355 e. The van der Waals surface area contributed by atoms with Gasteiger partial charge in [-0.2, -0.15) is 0 Å². The number of aromatic nitrogens is 3. The van der Waals surface area contributed by atoms with Gasteiger partial charge >= 0.3 is 0 Å². The van der Waals surface area contributed by atoms with E-state index in [1.165, 1.54) is 31.5 Å². The molecule has 0 amide bonds. The molecule has 0 bridgehead atoms. The van der Waals surface area contributed by atoms with E-state index in [0.717, 1.165) is 67.2 Å². The summed E-state index contributed by atoms with van der Waals surface area (Å²) < 4.78 is 6.07. The smallest absolute Gasteiger partial charge is 0.160 e. The Morgan fingerprint density at radius 2 is 1.24 bits per heavy atom. The molecule has 2 aromatic heterocycles. The van der Waals surface area contributed by atoms with Gasteiger partial charge < -0.3 is 15.3 Å². The number of hydrogen-bond acceptors (Lipinski definition) is 4. The monoisotopic (exact) mass is 805 g/mol. The summed E-state index contributed by atoms with van der Waals surface area (Å²) in [5, 5.41) is 18.4. The van der Waals surface area contributed by atoms with Crippen LogP contribution in [0.2, 0.25) is 0 Å². The molecule has 0 spiro atoms. The van der Waals surface area contributed by atoms with Gasteiger partial charge in [0, 0.05) is 50.5 Å². The predicted octanol–water partition coefficient (Wildman–Crippen LogP) is 12.2. The van der Waals surface area contributed by atoms with Crippen LogP contribution in [0.1, 0.15) is 5.56 Å². The van der Waals surface area contributed by atoms with Crippen LogP contribution in [0.5, 0.6) is 0 Å². The molecule has 0 atom stereocenters. The van der Waals surface area contributed by atoms with Crippen molar-refractivity contribution in [2.75, 3.05) is 5.32 Å². The van der Waals surface area contributed by atoms with Gasteiger partial charge in [0.15, 0.2) is 5.82 Å². The predicted molar refractivity (Wildman–Crippen MR) is 235 cm³/mol. The number of anilines is 1. The third-order valence-electron chi connectivity index (χ3n) is 10.1. The lowest BCUT2D eigenvalue weighted by atomic mass is 9.97. The van der Waals surface area contributed by atoms with E-state index >= 15 is 0 Å². The summed E-state index contributed by atoms with van der Waals surface area (Å²) in [6, 6.07) is 59.2. The Kier molecular flexibility index (Phi) is 8.03. The summed E-state index contributed by atoms with van der Waals surface area (Å²) >= 11 is -0.661. The molecule has 1 aliphatic rings. The van der Waals surface area contributed by atoms with Crippen LogP contribution in [0.4, 0.5) is 5.69 Å². The third-order valence-corrected chi connectivity index (χ3v) is 12.6. The van der Waals surface area contributed by atoms with Crippen LogP contribution in [0.15, 0.2) is 176 Å². The molecule has 7 aromatic carbocycles. The Labute approximate surface area is 322 Å². The highest BCUT2D eigenvalue weighted by Crippen LogP contribution is 2.45. The number of halogens is 1. The molecule has 5 nitrogen and oxygen atoms in total. The second-order valence-electron chi connectivity index (χ2n) is 13.2. The van der Waals surface area contributed by atoms with Crippen molar-refractivity contribution in [3.8, 4) is 39.6 Å². The summed E-state index contributed by atoms with van der Waals surface area (Å²) in [5.41, 5.74) is 11.0. The van der Waals surface area contributed by atoms with E-state index in [2.05, 4.69) is 141 Å². The van der Waals surface area contributed by atoms with Crippen LogP contribution in [0, 0.1) is 9.11 Å². The molecule has 9 aromatic rings. The molecular formula is C48H32IN5. The van der Waals surface area contributed by atoms with Crippen LogP contribution < -0.4 is 5.32 Å². The molecule has 1 aliphatic heterocycles. The van der Waals surface area contributed by atoms with Crippen molar-refractivity contribution in [2.45, 2.75) is 0 Å². The summed E-state index contributed by atoms with van der Waals surface area (Å²) in [5.74, 6) is 0.684. The normalized spacial score (nSPS) is 12.5. The zero-order chi connectivity index (χ0) is 36.0. The van der Waals surface area contributed by atoms with E-state index in [4.69, 9.17) is 15.4 Å². The minimum Gasteiger partial charge on any atom is -0.355 e. The van der Waals surface area contributed by atoms with Gasteiger partial charge in [0.05, 0.1) is 32.0 Å². The van der Waals surface area contributed by atoms with E-state index in [1.54, 1.807) is 0 Å². The summed E-state index contributed by atoms with van der Waals surface area (Å²) in [4.78, 5) is 10.4. The molecule has 0 aliphatic carbocycles. The van der Waals surface area contributed by atoms with Gasteiger partial charge in [-0.05, 0) is 44.4 Å². The van der Waals surface area contributed by atoms with Crippen molar-refractivity contribution in [3.05, 3.63) is 185 Å². The minimum atomic E-state index is -0.661. The van der Waals surface area contributed by atoms with Crippen LogP contribution in [0.25, 0.3) is 77.6 Å². The molecule has 3 heterocycles. The molecule has 0 saturated heterocycles. The van der Waals surface area contributed by atoms with Crippen LogP contribution >= 0.6 is 20.7 Å². The fourth-order valence-corrected chi connectivity index (χ4v) is 10.4. The summed E-state index contributed by atoms with van der Waals surface area (Å²) in [6.07, 6.45) is 1.52. The van der Waals surface area contributed by atoms with Crippen LogP contribution in [-0.4, -0.2) is 24.8 Å². The van der Waals surface area contributed by atoms with E-state index in [9.17, 15) is 0 Å². The van der Waals surface area contributed by atoms with Crippen LogP contribution in [-0.2, 0) is 0 Å². The van der Waals surface area contributed by atoms with E-state index in [-0.39, 0.29) is 0 Å². The molecule has 6 heteroatoms. The van der Waals surface area contributed by atoms with E-state index in [1.807, 2.05) is 42.5 Å². The first-order valence-corrected chi connectivity index (χ1v) is 20.2. The first-order valence-electron chi connectivity index (χ1n) is 17.9. The Balaban J connectivity index is 1.30. The third kappa shape index (κ3) is 5.45. The van der Waals surface area contributed by atoms with Gasteiger partial charge in [-0.15, -0.1) is 0 Å². The summed E-state index contributed by atoms with van der Waals surface area (Å²) in [7, 11) is 0. The van der Waals surface area contributed by atoms with E-state index < -0.39 is 20.7 Å². The number of nitrogens with one attached hydrogen (secondary N) is 2. The van der Waals surface area contributed by atoms with Crippen molar-refractivity contribution in [1.82, 2.24) is 14.5 Å². The number of benzene rings is 7. The highest BCUT2D eigenvalue weighted by molar-refractivity contribution is 14.2. The lowest BCUT2D eigenvalue weighted by Gasteiger charge is -2.19. The first kappa shape index (κ1) is 32.2. The van der Waals surface area contributed by atoms with Crippen molar-refractivity contribution >= 4 is 74.7 Å². The van der Waals surface area contributed by atoms with Crippen molar-refractivity contribution in [2.24, 2.45) is 0 Å². The Morgan fingerprint density at radius 3 is 2.04 bits per heavy atom. The van der Waals surface area contributed by atoms with Gasteiger partial charge in [-0.25, -0.2) is 9.97 Å². The minimum absolute atomic E-state index is 0.661. The van der Waals surface area contributed by atoms with Crippen molar-refractivity contribution in [1.29, 1.82) is 5.41 Å². The molecule has 0 radical (unpaired) electrons. The molecule has 0 unspecified atom stereocenters. The Hall–Kier alpha value is -6.51. The molecule has 2 N–H and O–H groups in total. The lowest BCUT2D eigenvalue weighted by Crippen LogP contribution is -2.10. The van der Waals surface area contributed by atoms with Crippen molar-refractivity contribution in [3.63, 3.8) is 0 Å². The first-order chi connectivity index (χ1) is 26.7. The number of fused-ring (bicyclic) bond motifs is 7. The quantitative estimate of drug-likeness (QED) is 0.0958. The lowest BCUT2D eigenvalue weighted by molar-refractivity contribution is 1.08. The average Bonchev–Trinajstić information content (AvgIpc) is 3.58. The SMILES string of the molecule is N=CC1=C(Nc2ccccc2)C=Ic2c1c1ccc3ccc4ccccc4c3c1n2-c1ccccc1-c1cc(-c2ccccc2)nc(-c2ccccc2)n1. The maximum absolute atomic E-state index is 8.84. The zero-order valence-corrected chi connectivity index (χ0v) is 31.2. The Bertz CT molecular complexity index is 2910. The number of para-hydroxylation sites is 2. The molecule has 10 rings (SSSR count). The highest BCUT2D eigenvalue weighted by atomic mass is 127. The fourth-order valence-electron chi connectivity index (χ4n) is 7.58. The van der Waals surface area contributed by atoms with Crippen molar-refractivity contribution < 1.29 is 0 Å². The highest BCUT2D eigenvalue weighted by Gasteiger charge is 2.27. The van der Waals surface area contributed by atoms with Gasteiger partial charge in [0.2, 0.25) is 0 Å². The summed E-state index contributed by atoms with van der Waals surface area (Å²) in [6.45, 7) is 0.